The Morgan fingerprint density at radius 1 is 0.795 bits per heavy atom. The molecule has 0 bridgehead atoms. The maximum Gasteiger partial charge on any atom is 0.264 e. The predicted octanol–water partition coefficient (Wildman–Crippen LogP) is 6.66. The first kappa shape index (κ1) is 33.1. The van der Waals surface area contributed by atoms with E-state index in [4.69, 9.17) is 23.2 Å². The summed E-state index contributed by atoms with van der Waals surface area (Å²) in [6.45, 7) is 4.98. The highest BCUT2D eigenvalue weighted by Crippen LogP contribution is 2.27. The minimum atomic E-state index is -4.16. The minimum Gasteiger partial charge on any atom is -0.352 e. The Balaban J connectivity index is 1.81. The van der Waals surface area contributed by atoms with Gasteiger partial charge in [0.15, 0.2) is 0 Å². The van der Waals surface area contributed by atoms with Crippen LogP contribution in [0.1, 0.15) is 30.5 Å². The molecule has 4 aromatic rings. The van der Waals surface area contributed by atoms with Crippen molar-refractivity contribution in [1.29, 1.82) is 0 Å². The number of carbonyl (C=O) groups excluding carboxylic acids is 2. The van der Waals surface area contributed by atoms with Gasteiger partial charge in [-0.25, -0.2) is 8.42 Å². The molecule has 0 saturated carbocycles. The molecule has 0 aliphatic rings. The fraction of sp³-hybridized carbons (Fsp3) is 0.235. The number of anilines is 1. The number of nitrogens with one attached hydrogen (secondary N) is 1. The van der Waals surface area contributed by atoms with E-state index in [0.717, 1.165) is 15.4 Å². The number of benzene rings is 4. The van der Waals surface area contributed by atoms with Gasteiger partial charge in [0.1, 0.15) is 12.6 Å². The van der Waals surface area contributed by atoms with Gasteiger partial charge in [0.2, 0.25) is 11.8 Å². The molecule has 0 heterocycles. The highest BCUT2D eigenvalue weighted by Gasteiger charge is 2.35. The molecule has 1 atom stereocenters. The largest absolute Gasteiger partial charge is 0.352 e. The van der Waals surface area contributed by atoms with Crippen LogP contribution in [0.25, 0.3) is 0 Å². The highest BCUT2D eigenvalue weighted by atomic mass is 35.5. The lowest BCUT2D eigenvalue weighted by Gasteiger charge is -2.34. The molecular weight excluding hydrogens is 617 g/mol. The molecule has 4 rings (SSSR count). The van der Waals surface area contributed by atoms with Crippen LogP contribution in [0.5, 0.6) is 0 Å². The first-order valence-corrected chi connectivity index (χ1v) is 16.4. The fourth-order valence-electron chi connectivity index (χ4n) is 4.80. The summed E-state index contributed by atoms with van der Waals surface area (Å²) in [5, 5.41) is 3.60. The van der Waals surface area contributed by atoms with Crippen molar-refractivity contribution in [1.82, 2.24) is 10.2 Å². The molecule has 0 radical (unpaired) electrons. The van der Waals surface area contributed by atoms with Crippen LogP contribution >= 0.6 is 23.2 Å². The summed E-state index contributed by atoms with van der Waals surface area (Å²) in [7, 11) is -4.16. The summed E-state index contributed by atoms with van der Waals surface area (Å²) in [6.07, 6.45) is 0.211. The second-order valence-electron chi connectivity index (χ2n) is 10.8. The van der Waals surface area contributed by atoms with Crippen molar-refractivity contribution >= 4 is 50.7 Å². The van der Waals surface area contributed by atoms with Crippen molar-refractivity contribution in [3.8, 4) is 0 Å². The van der Waals surface area contributed by atoms with E-state index in [1.54, 1.807) is 54.6 Å². The lowest BCUT2D eigenvalue weighted by atomic mass is 10.0. The van der Waals surface area contributed by atoms with E-state index < -0.39 is 28.5 Å². The number of nitrogens with zero attached hydrogens (tertiary/aromatic N) is 2. The summed E-state index contributed by atoms with van der Waals surface area (Å²) in [5.41, 5.74) is 2.64. The van der Waals surface area contributed by atoms with Gasteiger partial charge in [-0.1, -0.05) is 89.9 Å². The molecule has 1 N–H and O–H groups in total. The molecule has 0 aliphatic heterocycles. The topological polar surface area (TPSA) is 86.8 Å². The normalized spacial score (nSPS) is 12.0. The van der Waals surface area contributed by atoms with Gasteiger partial charge < -0.3 is 10.2 Å². The van der Waals surface area contributed by atoms with Crippen LogP contribution in [0.4, 0.5) is 5.69 Å². The standard InChI is InChI=1S/C34H35Cl2N3O4S/c1-24(2)37-34(41)32(21-26-12-6-4-7-13-26)38(22-27-17-18-30(35)31(36)20-27)33(40)23-39(28-14-10-11-25(3)19-28)44(42,43)29-15-8-5-9-16-29/h4-20,24,32H,21-23H2,1-3H3,(H,37,41)/t32-/m0/s1. The number of aryl methyl sites for hydroxylation is 1. The molecule has 4 aromatic carbocycles. The maximum atomic E-state index is 14.4. The number of amides is 2. The summed E-state index contributed by atoms with van der Waals surface area (Å²) in [6, 6.07) is 28.1. The third-order valence-corrected chi connectivity index (χ3v) is 9.47. The summed E-state index contributed by atoms with van der Waals surface area (Å²) < 4.78 is 29.2. The van der Waals surface area contributed by atoms with Gasteiger partial charge in [-0.2, -0.15) is 0 Å². The third-order valence-electron chi connectivity index (χ3n) is 6.94. The molecule has 0 aliphatic carbocycles. The third kappa shape index (κ3) is 8.40. The van der Waals surface area contributed by atoms with Crippen molar-refractivity contribution in [2.75, 3.05) is 10.8 Å². The number of rotatable bonds is 12. The number of sulfonamides is 1. The summed E-state index contributed by atoms with van der Waals surface area (Å²) >= 11 is 12.5. The zero-order valence-electron chi connectivity index (χ0n) is 24.8. The average Bonchev–Trinajstić information content (AvgIpc) is 2.99. The van der Waals surface area contributed by atoms with Crippen LogP contribution in [0.15, 0.2) is 108 Å². The average molecular weight is 653 g/mol. The van der Waals surface area contributed by atoms with Gasteiger partial charge in [-0.3, -0.25) is 13.9 Å². The van der Waals surface area contributed by atoms with Crippen LogP contribution in [0.2, 0.25) is 10.0 Å². The molecule has 0 spiro atoms. The maximum absolute atomic E-state index is 14.4. The van der Waals surface area contributed by atoms with Crippen molar-refractivity contribution in [2.24, 2.45) is 0 Å². The molecule has 230 valence electrons. The second-order valence-corrected chi connectivity index (χ2v) is 13.5. The zero-order valence-corrected chi connectivity index (χ0v) is 27.1. The molecule has 10 heteroatoms. The van der Waals surface area contributed by atoms with E-state index in [0.29, 0.717) is 21.3 Å². The molecule has 2 amide bonds. The Bertz CT molecular complexity index is 1700. The zero-order chi connectivity index (χ0) is 31.9. The van der Waals surface area contributed by atoms with Crippen LogP contribution < -0.4 is 9.62 Å². The lowest BCUT2D eigenvalue weighted by Crippen LogP contribution is -2.54. The number of hydrogen-bond donors (Lipinski definition) is 1. The van der Waals surface area contributed by atoms with Crippen LogP contribution in [0, 0.1) is 6.92 Å². The van der Waals surface area contributed by atoms with Crippen LogP contribution in [-0.2, 0) is 32.6 Å². The monoisotopic (exact) mass is 651 g/mol. The van der Waals surface area contributed by atoms with Crippen molar-refractivity contribution in [2.45, 2.75) is 50.7 Å². The van der Waals surface area contributed by atoms with Gasteiger partial charge in [0, 0.05) is 19.0 Å². The molecule has 0 fully saturated rings. The summed E-state index contributed by atoms with van der Waals surface area (Å²) in [5.74, 6) is -0.915. The number of hydrogen-bond acceptors (Lipinski definition) is 4. The molecule has 44 heavy (non-hydrogen) atoms. The first-order valence-electron chi connectivity index (χ1n) is 14.2. The van der Waals surface area contributed by atoms with E-state index in [1.807, 2.05) is 57.2 Å². The van der Waals surface area contributed by atoms with E-state index >= 15 is 0 Å². The van der Waals surface area contributed by atoms with Gasteiger partial charge in [-0.05, 0) is 73.9 Å². The second kappa shape index (κ2) is 14.8. The Hall–Kier alpha value is -3.85. The molecule has 0 saturated heterocycles. The van der Waals surface area contributed by atoms with E-state index in [-0.39, 0.29) is 29.8 Å². The molecular formula is C34H35Cl2N3O4S. The first-order chi connectivity index (χ1) is 21.0. The van der Waals surface area contributed by atoms with E-state index in [2.05, 4.69) is 5.32 Å². The SMILES string of the molecule is Cc1cccc(N(CC(=O)N(Cc2ccc(Cl)c(Cl)c2)[C@@H](Cc2ccccc2)C(=O)NC(C)C)S(=O)(=O)c2ccccc2)c1. The number of halogens is 2. The Kier molecular flexibility index (Phi) is 11.1. The fourth-order valence-corrected chi connectivity index (χ4v) is 6.55. The van der Waals surface area contributed by atoms with Gasteiger partial charge in [0.05, 0.1) is 20.6 Å². The van der Waals surface area contributed by atoms with Gasteiger partial charge in [0.25, 0.3) is 10.0 Å². The highest BCUT2D eigenvalue weighted by molar-refractivity contribution is 7.92. The minimum absolute atomic E-state index is 0.00815. The number of carbonyl (C=O) groups is 2. The van der Waals surface area contributed by atoms with E-state index in [1.165, 1.54) is 17.0 Å². The van der Waals surface area contributed by atoms with Crippen molar-refractivity contribution < 1.29 is 18.0 Å². The lowest BCUT2D eigenvalue weighted by molar-refractivity contribution is -0.140. The van der Waals surface area contributed by atoms with Gasteiger partial charge in [-0.15, -0.1) is 0 Å². The molecule has 7 nitrogen and oxygen atoms in total. The Labute approximate surface area is 269 Å². The Morgan fingerprint density at radius 3 is 2.07 bits per heavy atom. The van der Waals surface area contributed by atoms with Gasteiger partial charge >= 0.3 is 0 Å². The summed E-state index contributed by atoms with van der Waals surface area (Å²) in [4.78, 5) is 29.7. The molecule has 0 aromatic heterocycles. The van der Waals surface area contributed by atoms with E-state index in [9.17, 15) is 18.0 Å². The predicted molar refractivity (Wildman–Crippen MR) is 176 cm³/mol. The van der Waals surface area contributed by atoms with Crippen LogP contribution in [-0.4, -0.2) is 43.8 Å². The smallest absolute Gasteiger partial charge is 0.264 e. The van der Waals surface area contributed by atoms with Crippen LogP contribution in [0.3, 0.4) is 0 Å². The molecule has 0 unspecified atom stereocenters. The Morgan fingerprint density at radius 2 is 1.45 bits per heavy atom. The van der Waals surface area contributed by atoms with Crippen molar-refractivity contribution in [3.63, 3.8) is 0 Å². The van der Waals surface area contributed by atoms with Crippen molar-refractivity contribution in [3.05, 3.63) is 130 Å². The quantitative estimate of drug-likeness (QED) is 0.186.